The molecule has 0 aliphatic rings. The van der Waals surface area contributed by atoms with Gasteiger partial charge in [0.25, 0.3) is 0 Å². The molecular formula is C14H9ClN2O2. The summed E-state index contributed by atoms with van der Waals surface area (Å²) in [6.45, 7) is 0. The maximum absolute atomic E-state index is 10.8. The molecule has 1 N–H and O–H groups in total. The van der Waals surface area contributed by atoms with E-state index in [1.165, 1.54) is 0 Å². The Labute approximate surface area is 113 Å². The lowest BCUT2D eigenvalue weighted by Crippen LogP contribution is -1.96. The predicted octanol–water partition coefficient (Wildman–Crippen LogP) is 3.35. The Morgan fingerprint density at radius 1 is 1.21 bits per heavy atom. The fraction of sp³-hybridized carbons (Fsp3) is 0. The molecule has 3 aromatic rings. The Kier molecular flexibility index (Phi) is 2.72. The number of carboxylic acids is 1. The molecule has 0 spiro atoms. The monoisotopic (exact) mass is 272 g/mol. The number of carbonyl (C=O) groups is 1. The van der Waals surface area contributed by atoms with Crippen molar-refractivity contribution in [3.63, 3.8) is 0 Å². The Morgan fingerprint density at radius 3 is 2.63 bits per heavy atom. The van der Waals surface area contributed by atoms with Crippen molar-refractivity contribution in [2.45, 2.75) is 0 Å². The molecule has 3 rings (SSSR count). The molecule has 2 heterocycles. The number of carboxylic acid groups (broad SMARTS) is 1. The van der Waals surface area contributed by atoms with Crippen molar-refractivity contribution in [3.8, 4) is 11.4 Å². The van der Waals surface area contributed by atoms with Gasteiger partial charge in [0.15, 0.2) is 0 Å². The average molecular weight is 273 g/mol. The second-order valence-corrected chi connectivity index (χ2v) is 4.54. The standard InChI is InChI=1S/C14H9ClN2O2/c15-11-5-6-17-12(7-11)8-16-13(17)9-1-3-10(4-2-9)14(18)19/h1-8H,(H,18,19). The summed E-state index contributed by atoms with van der Waals surface area (Å²) in [5.41, 5.74) is 2.00. The number of rotatable bonds is 2. The molecule has 0 aliphatic heterocycles. The molecule has 1 aromatic carbocycles. The fourth-order valence-corrected chi connectivity index (χ4v) is 2.12. The number of benzene rings is 1. The summed E-state index contributed by atoms with van der Waals surface area (Å²) in [5, 5.41) is 9.53. The van der Waals surface area contributed by atoms with Crippen LogP contribution in [-0.2, 0) is 0 Å². The molecule has 0 saturated heterocycles. The highest BCUT2D eigenvalue weighted by Gasteiger charge is 2.08. The summed E-state index contributed by atoms with van der Waals surface area (Å²) in [4.78, 5) is 15.2. The Hall–Kier alpha value is -2.33. The number of halogens is 1. The van der Waals surface area contributed by atoms with Crippen LogP contribution in [0.1, 0.15) is 10.4 Å². The van der Waals surface area contributed by atoms with Crippen LogP contribution in [0.15, 0.2) is 48.8 Å². The van der Waals surface area contributed by atoms with Crippen molar-refractivity contribution < 1.29 is 9.90 Å². The Bertz CT molecular complexity index is 763. The van der Waals surface area contributed by atoms with Gasteiger partial charge in [0.2, 0.25) is 0 Å². The van der Waals surface area contributed by atoms with E-state index in [-0.39, 0.29) is 5.56 Å². The van der Waals surface area contributed by atoms with Crippen LogP contribution in [0.3, 0.4) is 0 Å². The third-order valence-electron chi connectivity index (χ3n) is 2.88. The van der Waals surface area contributed by atoms with Gasteiger partial charge in [0.1, 0.15) is 5.82 Å². The van der Waals surface area contributed by atoms with Crippen molar-refractivity contribution >= 4 is 23.1 Å². The first-order valence-corrected chi connectivity index (χ1v) is 5.99. The van der Waals surface area contributed by atoms with Crippen LogP contribution in [-0.4, -0.2) is 20.5 Å². The molecule has 0 aliphatic carbocycles. The van der Waals surface area contributed by atoms with E-state index in [1.54, 1.807) is 36.5 Å². The molecule has 0 atom stereocenters. The van der Waals surface area contributed by atoms with Crippen molar-refractivity contribution in [1.29, 1.82) is 0 Å². The van der Waals surface area contributed by atoms with Crippen molar-refractivity contribution in [3.05, 3.63) is 59.4 Å². The second kappa shape index (κ2) is 4.40. The number of aromatic nitrogens is 2. The molecule has 0 fully saturated rings. The fourth-order valence-electron chi connectivity index (χ4n) is 1.95. The van der Waals surface area contributed by atoms with Gasteiger partial charge in [-0.05, 0) is 24.3 Å². The predicted molar refractivity (Wildman–Crippen MR) is 72.6 cm³/mol. The van der Waals surface area contributed by atoms with Gasteiger partial charge in [-0.2, -0.15) is 0 Å². The van der Waals surface area contributed by atoms with E-state index in [0.717, 1.165) is 16.9 Å². The SMILES string of the molecule is O=C(O)c1ccc(-c2ncc3cc(Cl)ccn23)cc1. The quantitative estimate of drug-likeness (QED) is 0.778. The second-order valence-electron chi connectivity index (χ2n) is 4.10. The maximum atomic E-state index is 10.8. The highest BCUT2D eigenvalue weighted by molar-refractivity contribution is 6.30. The Balaban J connectivity index is 2.11. The third kappa shape index (κ3) is 2.06. The molecular weight excluding hydrogens is 264 g/mol. The third-order valence-corrected chi connectivity index (χ3v) is 3.12. The molecule has 5 heteroatoms. The minimum atomic E-state index is -0.939. The van der Waals surface area contributed by atoms with Crippen LogP contribution in [0, 0.1) is 0 Å². The molecule has 0 unspecified atom stereocenters. The number of nitrogens with zero attached hydrogens (tertiary/aromatic N) is 2. The lowest BCUT2D eigenvalue weighted by molar-refractivity contribution is 0.0697. The van der Waals surface area contributed by atoms with Gasteiger partial charge in [-0.1, -0.05) is 23.7 Å². The van der Waals surface area contributed by atoms with Crippen LogP contribution in [0.2, 0.25) is 5.02 Å². The van der Waals surface area contributed by atoms with Gasteiger partial charge in [-0.15, -0.1) is 0 Å². The van der Waals surface area contributed by atoms with Gasteiger partial charge < -0.3 is 5.11 Å². The molecule has 0 amide bonds. The van der Waals surface area contributed by atoms with E-state index < -0.39 is 5.97 Å². The molecule has 0 radical (unpaired) electrons. The minimum absolute atomic E-state index is 0.257. The number of hydrogen-bond acceptors (Lipinski definition) is 2. The lowest BCUT2D eigenvalue weighted by atomic mass is 10.1. The number of imidazole rings is 1. The number of aromatic carboxylic acids is 1. The summed E-state index contributed by atoms with van der Waals surface area (Å²) in [5.74, 6) is -0.185. The summed E-state index contributed by atoms with van der Waals surface area (Å²) in [6, 6.07) is 10.2. The van der Waals surface area contributed by atoms with Crippen LogP contribution in [0.25, 0.3) is 16.9 Å². The van der Waals surface area contributed by atoms with E-state index in [2.05, 4.69) is 4.98 Å². The first-order chi connectivity index (χ1) is 9.15. The zero-order valence-corrected chi connectivity index (χ0v) is 10.5. The lowest BCUT2D eigenvalue weighted by Gasteiger charge is -2.02. The number of fused-ring (bicyclic) bond motifs is 1. The van der Waals surface area contributed by atoms with E-state index in [1.807, 2.05) is 16.7 Å². The summed E-state index contributed by atoms with van der Waals surface area (Å²) < 4.78 is 1.90. The zero-order valence-electron chi connectivity index (χ0n) is 9.75. The topological polar surface area (TPSA) is 54.6 Å². The number of hydrogen-bond donors (Lipinski definition) is 1. The molecule has 0 bridgehead atoms. The molecule has 0 saturated carbocycles. The van der Waals surface area contributed by atoms with E-state index in [4.69, 9.17) is 16.7 Å². The normalized spacial score (nSPS) is 10.8. The number of pyridine rings is 1. The zero-order chi connectivity index (χ0) is 13.4. The van der Waals surface area contributed by atoms with Crippen molar-refractivity contribution in [2.24, 2.45) is 0 Å². The molecule has 4 nitrogen and oxygen atoms in total. The van der Waals surface area contributed by atoms with Crippen LogP contribution in [0.5, 0.6) is 0 Å². The molecule has 19 heavy (non-hydrogen) atoms. The first-order valence-electron chi connectivity index (χ1n) is 5.61. The average Bonchev–Trinajstić information content (AvgIpc) is 2.81. The maximum Gasteiger partial charge on any atom is 0.335 e. The largest absolute Gasteiger partial charge is 0.478 e. The smallest absolute Gasteiger partial charge is 0.335 e. The van der Waals surface area contributed by atoms with E-state index in [0.29, 0.717) is 5.02 Å². The van der Waals surface area contributed by atoms with Crippen molar-refractivity contribution in [2.75, 3.05) is 0 Å². The summed E-state index contributed by atoms with van der Waals surface area (Å²) in [6.07, 6.45) is 3.57. The van der Waals surface area contributed by atoms with E-state index in [9.17, 15) is 4.79 Å². The van der Waals surface area contributed by atoms with Gasteiger partial charge in [0, 0.05) is 16.8 Å². The Morgan fingerprint density at radius 2 is 1.95 bits per heavy atom. The summed E-state index contributed by atoms with van der Waals surface area (Å²) >= 11 is 5.92. The van der Waals surface area contributed by atoms with Crippen molar-refractivity contribution in [1.82, 2.24) is 9.38 Å². The van der Waals surface area contributed by atoms with Gasteiger partial charge in [-0.25, -0.2) is 9.78 Å². The van der Waals surface area contributed by atoms with Crippen LogP contribution in [0.4, 0.5) is 0 Å². The van der Waals surface area contributed by atoms with Crippen LogP contribution >= 0.6 is 11.6 Å². The van der Waals surface area contributed by atoms with Gasteiger partial charge in [-0.3, -0.25) is 4.40 Å². The van der Waals surface area contributed by atoms with Gasteiger partial charge in [0.05, 0.1) is 17.3 Å². The van der Waals surface area contributed by atoms with Gasteiger partial charge >= 0.3 is 5.97 Å². The molecule has 94 valence electrons. The summed E-state index contributed by atoms with van der Waals surface area (Å²) in [7, 11) is 0. The van der Waals surface area contributed by atoms with E-state index >= 15 is 0 Å². The first kappa shape index (κ1) is 11.7. The highest BCUT2D eigenvalue weighted by Crippen LogP contribution is 2.22. The highest BCUT2D eigenvalue weighted by atomic mass is 35.5. The minimum Gasteiger partial charge on any atom is -0.478 e. The molecule has 2 aromatic heterocycles. The van der Waals surface area contributed by atoms with Crippen LogP contribution < -0.4 is 0 Å².